The summed E-state index contributed by atoms with van der Waals surface area (Å²) in [7, 11) is 0. The Kier molecular flexibility index (Phi) is 5.38. The molecular weight excluding hydrogens is 284 g/mol. The predicted octanol–water partition coefficient (Wildman–Crippen LogP) is 0.989. The Morgan fingerprint density at radius 1 is 1.00 bits per heavy atom. The average molecular weight is 306 g/mol. The summed E-state index contributed by atoms with van der Waals surface area (Å²) in [5.41, 5.74) is -0.248. The van der Waals surface area contributed by atoms with Crippen molar-refractivity contribution in [1.82, 2.24) is 10.6 Å². The molecule has 1 aliphatic rings. The molecule has 1 saturated carbocycles. The van der Waals surface area contributed by atoms with Crippen molar-refractivity contribution < 1.29 is 19.8 Å². The molecule has 0 bridgehead atoms. The van der Waals surface area contributed by atoms with Gasteiger partial charge < -0.3 is 20.8 Å². The van der Waals surface area contributed by atoms with E-state index in [1.54, 1.807) is 12.1 Å². The van der Waals surface area contributed by atoms with Gasteiger partial charge in [0.25, 0.3) is 0 Å². The van der Waals surface area contributed by atoms with E-state index in [1.165, 1.54) is 12.1 Å². The molecule has 6 nitrogen and oxygen atoms in total. The fourth-order valence-electron chi connectivity index (χ4n) is 3.36. The lowest BCUT2D eigenvalue weighted by atomic mass is 9.71. The lowest BCUT2D eigenvalue weighted by Gasteiger charge is -2.43. The Morgan fingerprint density at radius 3 is 2.05 bits per heavy atom. The van der Waals surface area contributed by atoms with Gasteiger partial charge in [0.1, 0.15) is 11.9 Å². The van der Waals surface area contributed by atoms with E-state index in [4.69, 9.17) is 0 Å². The Hall–Kier alpha value is -2.08. The van der Waals surface area contributed by atoms with Crippen LogP contribution >= 0.6 is 0 Å². The minimum absolute atomic E-state index is 0.126. The van der Waals surface area contributed by atoms with E-state index in [-0.39, 0.29) is 5.75 Å². The molecule has 2 rings (SSSR count). The molecule has 0 aromatic heterocycles. The first-order valence-electron chi connectivity index (χ1n) is 7.51. The van der Waals surface area contributed by atoms with Crippen LogP contribution in [0.4, 0.5) is 0 Å². The number of aliphatic hydroxyl groups is 1. The quantitative estimate of drug-likeness (QED) is 0.446. The summed E-state index contributed by atoms with van der Waals surface area (Å²) in [6.45, 7) is 0. The van der Waals surface area contributed by atoms with Crippen molar-refractivity contribution in [2.24, 2.45) is 0 Å². The van der Waals surface area contributed by atoms with Crippen molar-refractivity contribution in [3.63, 3.8) is 0 Å². The molecule has 120 valence electrons. The van der Waals surface area contributed by atoms with Gasteiger partial charge in [0.2, 0.25) is 12.8 Å². The highest BCUT2D eigenvalue weighted by Crippen LogP contribution is 2.41. The topological polar surface area (TPSA) is 98.7 Å². The zero-order valence-electron chi connectivity index (χ0n) is 12.4. The molecule has 1 aromatic rings. The van der Waals surface area contributed by atoms with E-state index in [1.807, 2.05) is 0 Å². The maximum Gasteiger partial charge on any atom is 0.208 e. The van der Waals surface area contributed by atoms with Crippen LogP contribution in [-0.4, -0.2) is 34.8 Å². The van der Waals surface area contributed by atoms with E-state index < -0.39 is 17.7 Å². The molecule has 1 unspecified atom stereocenters. The van der Waals surface area contributed by atoms with Crippen molar-refractivity contribution in [3.05, 3.63) is 29.8 Å². The third kappa shape index (κ3) is 3.57. The maximum atomic E-state index is 11.1. The first-order chi connectivity index (χ1) is 10.6. The van der Waals surface area contributed by atoms with Crippen molar-refractivity contribution in [3.8, 4) is 5.75 Å². The number of aromatic hydroxyl groups is 1. The Bertz CT molecular complexity index is 487. The Balaban J connectivity index is 2.39. The summed E-state index contributed by atoms with van der Waals surface area (Å²) in [5, 5.41) is 25.7. The number of carbonyl (C=O) groups excluding carboxylic acids is 2. The fourth-order valence-corrected chi connectivity index (χ4v) is 3.36. The SMILES string of the molecule is O=CNC(NC=O)C(c1ccc(O)cc1)C1(O)CCCCC1. The predicted molar refractivity (Wildman–Crippen MR) is 81.1 cm³/mol. The van der Waals surface area contributed by atoms with E-state index >= 15 is 0 Å². The van der Waals surface area contributed by atoms with Crippen LogP contribution in [0.15, 0.2) is 24.3 Å². The number of carbonyl (C=O) groups is 2. The third-order valence-electron chi connectivity index (χ3n) is 4.38. The minimum Gasteiger partial charge on any atom is -0.508 e. The highest BCUT2D eigenvalue weighted by atomic mass is 16.3. The zero-order valence-corrected chi connectivity index (χ0v) is 12.4. The molecule has 4 N–H and O–H groups in total. The second-order valence-corrected chi connectivity index (χ2v) is 5.78. The van der Waals surface area contributed by atoms with Crippen LogP contribution in [-0.2, 0) is 9.59 Å². The van der Waals surface area contributed by atoms with Crippen molar-refractivity contribution in [2.45, 2.75) is 49.8 Å². The Morgan fingerprint density at radius 2 is 1.55 bits per heavy atom. The summed E-state index contributed by atoms with van der Waals surface area (Å²) in [5.74, 6) is -0.356. The number of nitrogens with one attached hydrogen (secondary N) is 2. The van der Waals surface area contributed by atoms with Crippen molar-refractivity contribution in [2.75, 3.05) is 0 Å². The monoisotopic (exact) mass is 306 g/mol. The minimum atomic E-state index is -1.01. The third-order valence-corrected chi connectivity index (χ3v) is 4.38. The van der Waals surface area contributed by atoms with Gasteiger partial charge in [0, 0.05) is 0 Å². The molecule has 1 atom stereocenters. The molecule has 0 spiro atoms. The lowest BCUT2D eigenvalue weighted by molar-refractivity contribution is -0.114. The second kappa shape index (κ2) is 7.26. The van der Waals surface area contributed by atoms with E-state index in [9.17, 15) is 19.8 Å². The molecule has 1 aliphatic carbocycles. The number of benzene rings is 1. The van der Waals surface area contributed by atoms with Crippen LogP contribution in [0, 0.1) is 0 Å². The van der Waals surface area contributed by atoms with Crippen LogP contribution in [0.1, 0.15) is 43.6 Å². The summed E-state index contributed by atoms with van der Waals surface area (Å²) in [6.07, 6.45) is 4.41. The summed E-state index contributed by atoms with van der Waals surface area (Å²) < 4.78 is 0. The Labute approximate surface area is 129 Å². The van der Waals surface area contributed by atoms with Crippen LogP contribution < -0.4 is 10.6 Å². The fraction of sp³-hybridized carbons (Fsp3) is 0.500. The molecule has 2 amide bonds. The summed E-state index contributed by atoms with van der Waals surface area (Å²) >= 11 is 0. The number of amides is 2. The smallest absolute Gasteiger partial charge is 0.208 e. The highest BCUT2D eigenvalue weighted by molar-refractivity contribution is 5.52. The standard InChI is InChI=1S/C16H22N2O4/c19-10-17-15(18-11-20)14(12-4-6-13(21)7-5-12)16(22)8-2-1-3-9-16/h4-7,10-11,14-15,21-22H,1-3,8-9H2,(H,17,19)(H,18,20). The number of phenolic OH excluding ortho intramolecular Hbond substituents is 1. The molecule has 0 heterocycles. The molecule has 1 fully saturated rings. The van der Waals surface area contributed by atoms with Gasteiger partial charge in [-0.05, 0) is 30.5 Å². The number of hydrogen-bond donors (Lipinski definition) is 4. The van der Waals surface area contributed by atoms with E-state index in [0.29, 0.717) is 25.7 Å². The van der Waals surface area contributed by atoms with Gasteiger partial charge in [0.15, 0.2) is 0 Å². The first-order valence-corrected chi connectivity index (χ1v) is 7.51. The van der Waals surface area contributed by atoms with Crippen LogP contribution in [0.5, 0.6) is 5.75 Å². The van der Waals surface area contributed by atoms with Gasteiger partial charge in [-0.1, -0.05) is 31.4 Å². The first kappa shape index (κ1) is 16.3. The molecule has 22 heavy (non-hydrogen) atoms. The molecule has 0 aliphatic heterocycles. The number of phenols is 1. The lowest BCUT2D eigenvalue weighted by Crippen LogP contribution is -2.54. The zero-order chi connectivity index (χ0) is 16.0. The molecular formula is C16H22N2O4. The molecule has 6 heteroatoms. The molecule has 1 aromatic carbocycles. The largest absolute Gasteiger partial charge is 0.508 e. The maximum absolute atomic E-state index is 11.1. The number of rotatable bonds is 7. The van der Waals surface area contributed by atoms with E-state index in [2.05, 4.69) is 10.6 Å². The van der Waals surface area contributed by atoms with Gasteiger partial charge >= 0.3 is 0 Å². The van der Waals surface area contributed by atoms with Crippen LogP contribution in [0.25, 0.3) is 0 Å². The number of hydrogen-bond acceptors (Lipinski definition) is 4. The summed E-state index contributed by atoms with van der Waals surface area (Å²) in [6, 6.07) is 6.48. The normalized spacial score (nSPS) is 18.5. The van der Waals surface area contributed by atoms with Crippen LogP contribution in [0.2, 0.25) is 0 Å². The highest BCUT2D eigenvalue weighted by Gasteiger charge is 2.43. The molecule has 0 radical (unpaired) electrons. The van der Waals surface area contributed by atoms with Gasteiger partial charge in [-0.2, -0.15) is 0 Å². The van der Waals surface area contributed by atoms with Crippen molar-refractivity contribution in [1.29, 1.82) is 0 Å². The molecule has 0 saturated heterocycles. The van der Waals surface area contributed by atoms with Gasteiger partial charge in [-0.25, -0.2) is 0 Å². The second-order valence-electron chi connectivity index (χ2n) is 5.78. The summed E-state index contributed by atoms with van der Waals surface area (Å²) in [4.78, 5) is 21.8. The van der Waals surface area contributed by atoms with Gasteiger partial charge in [0.05, 0.1) is 11.5 Å². The van der Waals surface area contributed by atoms with Gasteiger partial charge in [-0.15, -0.1) is 0 Å². The van der Waals surface area contributed by atoms with Crippen LogP contribution in [0.3, 0.4) is 0 Å². The van der Waals surface area contributed by atoms with Gasteiger partial charge in [-0.3, -0.25) is 9.59 Å². The van der Waals surface area contributed by atoms with E-state index in [0.717, 1.165) is 24.8 Å². The van der Waals surface area contributed by atoms with Crippen molar-refractivity contribution >= 4 is 12.8 Å². The average Bonchev–Trinajstić information content (AvgIpc) is 2.50.